The normalized spacial score (nSPS) is 19.1. The summed E-state index contributed by atoms with van der Waals surface area (Å²) < 4.78 is 40.3. The second kappa shape index (κ2) is 5.48. The van der Waals surface area contributed by atoms with E-state index in [0.717, 1.165) is 31.3 Å². The molecule has 1 saturated heterocycles. The van der Waals surface area contributed by atoms with E-state index in [2.05, 4.69) is 15.6 Å². The Kier molecular flexibility index (Phi) is 3.67. The predicted octanol–water partition coefficient (Wildman–Crippen LogP) is 2.42. The van der Waals surface area contributed by atoms with Gasteiger partial charge < -0.3 is 5.32 Å². The molecule has 21 heavy (non-hydrogen) atoms. The number of halogens is 3. The molecular weight excluding hydrogens is 281 g/mol. The highest BCUT2D eigenvalue weighted by atomic mass is 19.4. The molecule has 0 aliphatic carbocycles. The van der Waals surface area contributed by atoms with Crippen LogP contribution >= 0.6 is 0 Å². The number of hydrogen-bond acceptors (Lipinski definition) is 3. The molecule has 1 atom stereocenters. The average molecular weight is 296 g/mol. The van der Waals surface area contributed by atoms with Crippen LogP contribution in [-0.4, -0.2) is 28.1 Å². The summed E-state index contributed by atoms with van der Waals surface area (Å²) in [5, 5.41) is 11.3. The third-order valence-corrected chi connectivity index (χ3v) is 3.69. The van der Waals surface area contributed by atoms with E-state index in [1.165, 1.54) is 16.8 Å². The van der Waals surface area contributed by atoms with Gasteiger partial charge >= 0.3 is 6.18 Å². The lowest BCUT2D eigenvalue weighted by Crippen LogP contribution is -2.12. The predicted molar refractivity (Wildman–Crippen MR) is 70.8 cm³/mol. The Morgan fingerprint density at radius 1 is 1.29 bits per heavy atom. The third kappa shape index (κ3) is 3.07. The standard InChI is InChI=1S/C14H15F3N4/c15-14(16,17)12-4-2-1-3-11(12)8-21-9-13(19-20-21)10-5-6-18-7-10/h1-4,9-10,18H,5-8H2. The Hall–Kier alpha value is -1.89. The van der Waals surface area contributed by atoms with E-state index in [4.69, 9.17) is 0 Å². The molecule has 1 unspecified atom stereocenters. The van der Waals surface area contributed by atoms with Crippen LogP contribution in [-0.2, 0) is 12.7 Å². The molecule has 0 amide bonds. The Balaban J connectivity index is 1.81. The summed E-state index contributed by atoms with van der Waals surface area (Å²) in [7, 11) is 0. The minimum Gasteiger partial charge on any atom is -0.316 e. The van der Waals surface area contributed by atoms with Gasteiger partial charge in [0.15, 0.2) is 0 Å². The molecule has 1 aliphatic heterocycles. The molecule has 0 radical (unpaired) electrons. The monoisotopic (exact) mass is 296 g/mol. The van der Waals surface area contributed by atoms with Crippen molar-refractivity contribution in [1.29, 1.82) is 0 Å². The number of nitrogens with one attached hydrogen (secondary N) is 1. The maximum Gasteiger partial charge on any atom is 0.416 e. The molecule has 1 fully saturated rings. The first kappa shape index (κ1) is 14.1. The molecule has 1 aromatic heterocycles. The van der Waals surface area contributed by atoms with E-state index < -0.39 is 11.7 Å². The molecule has 2 aromatic rings. The van der Waals surface area contributed by atoms with E-state index in [-0.39, 0.29) is 12.1 Å². The van der Waals surface area contributed by atoms with Crippen molar-refractivity contribution in [3.63, 3.8) is 0 Å². The van der Waals surface area contributed by atoms with Crippen molar-refractivity contribution in [2.75, 3.05) is 13.1 Å². The van der Waals surface area contributed by atoms with Gasteiger partial charge in [-0.25, -0.2) is 4.68 Å². The fraction of sp³-hybridized carbons (Fsp3) is 0.429. The number of benzene rings is 1. The zero-order valence-corrected chi connectivity index (χ0v) is 11.3. The highest BCUT2D eigenvalue weighted by molar-refractivity contribution is 5.29. The van der Waals surface area contributed by atoms with Crippen molar-refractivity contribution in [2.24, 2.45) is 0 Å². The second-order valence-corrected chi connectivity index (χ2v) is 5.19. The van der Waals surface area contributed by atoms with Crippen LogP contribution in [0.3, 0.4) is 0 Å². The highest BCUT2D eigenvalue weighted by Gasteiger charge is 2.33. The van der Waals surface area contributed by atoms with Gasteiger partial charge in [-0.05, 0) is 24.6 Å². The van der Waals surface area contributed by atoms with Gasteiger partial charge in [0.2, 0.25) is 0 Å². The summed E-state index contributed by atoms with van der Waals surface area (Å²) >= 11 is 0. The molecule has 1 N–H and O–H groups in total. The maximum absolute atomic E-state index is 12.9. The van der Waals surface area contributed by atoms with E-state index >= 15 is 0 Å². The van der Waals surface area contributed by atoms with E-state index in [0.29, 0.717) is 5.92 Å². The fourth-order valence-corrected chi connectivity index (χ4v) is 2.59. The summed E-state index contributed by atoms with van der Waals surface area (Å²) in [4.78, 5) is 0. The minimum absolute atomic E-state index is 0.0723. The topological polar surface area (TPSA) is 42.7 Å². The first-order valence-electron chi connectivity index (χ1n) is 6.80. The van der Waals surface area contributed by atoms with Gasteiger partial charge in [-0.15, -0.1) is 5.10 Å². The molecule has 112 valence electrons. The van der Waals surface area contributed by atoms with Gasteiger partial charge in [-0.2, -0.15) is 13.2 Å². The minimum atomic E-state index is -4.35. The zero-order chi connectivity index (χ0) is 14.9. The van der Waals surface area contributed by atoms with Gasteiger partial charge in [0, 0.05) is 18.7 Å². The van der Waals surface area contributed by atoms with Crippen molar-refractivity contribution in [1.82, 2.24) is 20.3 Å². The summed E-state index contributed by atoms with van der Waals surface area (Å²) in [5.74, 6) is 0.302. The number of rotatable bonds is 3. The number of hydrogen-bond donors (Lipinski definition) is 1. The number of alkyl halides is 3. The Morgan fingerprint density at radius 3 is 2.81 bits per heavy atom. The summed E-state index contributed by atoms with van der Waals surface area (Å²) in [6.07, 6.45) is -1.63. The molecule has 7 heteroatoms. The van der Waals surface area contributed by atoms with Gasteiger partial charge in [0.05, 0.1) is 17.8 Å². The van der Waals surface area contributed by atoms with Gasteiger partial charge in [-0.1, -0.05) is 23.4 Å². The van der Waals surface area contributed by atoms with Crippen LogP contribution in [0.1, 0.15) is 29.2 Å². The molecule has 2 heterocycles. The van der Waals surface area contributed by atoms with Crippen LogP contribution in [0, 0.1) is 0 Å². The quantitative estimate of drug-likeness (QED) is 0.946. The molecular formula is C14H15F3N4. The highest BCUT2D eigenvalue weighted by Crippen LogP contribution is 2.32. The van der Waals surface area contributed by atoms with Crippen LogP contribution in [0.15, 0.2) is 30.5 Å². The Morgan fingerprint density at radius 2 is 2.10 bits per heavy atom. The first-order chi connectivity index (χ1) is 10.0. The van der Waals surface area contributed by atoms with Crippen LogP contribution in [0.25, 0.3) is 0 Å². The number of nitrogens with zero attached hydrogens (tertiary/aromatic N) is 3. The van der Waals surface area contributed by atoms with Gasteiger partial charge in [-0.3, -0.25) is 0 Å². The molecule has 4 nitrogen and oxygen atoms in total. The fourth-order valence-electron chi connectivity index (χ4n) is 2.59. The Labute approximate surface area is 120 Å². The molecule has 0 saturated carbocycles. The van der Waals surface area contributed by atoms with Crippen LogP contribution in [0.4, 0.5) is 13.2 Å². The SMILES string of the molecule is FC(F)(F)c1ccccc1Cn1cc(C2CCNC2)nn1. The second-order valence-electron chi connectivity index (χ2n) is 5.19. The largest absolute Gasteiger partial charge is 0.416 e. The molecule has 3 rings (SSSR count). The van der Waals surface area contributed by atoms with E-state index in [1.54, 1.807) is 12.3 Å². The summed E-state index contributed by atoms with van der Waals surface area (Å²) in [6.45, 7) is 1.86. The van der Waals surface area contributed by atoms with E-state index in [9.17, 15) is 13.2 Å². The smallest absolute Gasteiger partial charge is 0.316 e. The van der Waals surface area contributed by atoms with Crippen molar-refractivity contribution in [2.45, 2.75) is 25.1 Å². The summed E-state index contributed by atoms with van der Waals surface area (Å²) in [5.41, 5.74) is 0.417. The van der Waals surface area contributed by atoms with Crippen molar-refractivity contribution < 1.29 is 13.2 Å². The Bertz CT molecular complexity index is 615. The zero-order valence-electron chi connectivity index (χ0n) is 11.3. The lowest BCUT2D eigenvalue weighted by atomic mass is 10.1. The van der Waals surface area contributed by atoms with Gasteiger partial charge in [0.1, 0.15) is 0 Å². The molecule has 1 aliphatic rings. The summed E-state index contributed by atoms with van der Waals surface area (Å²) in [6, 6.07) is 5.56. The lowest BCUT2D eigenvalue weighted by Gasteiger charge is -2.12. The molecule has 0 bridgehead atoms. The van der Waals surface area contributed by atoms with E-state index in [1.807, 2.05) is 0 Å². The molecule has 0 spiro atoms. The van der Waals surface area contributed by atoms with Gasteiger partial charge in [0.25, 0.3) is 0 Å². The van der Waals surface area contributed by atoms with Crippen molar-refractivity contribution >= 4 is 0 Å². The third-order valence-electron chi connectivity index (χ3n) is 3.69. The number of aromatic nitrogens is 3. The van der Waals surface area contributed by atoms with Crippen molar-refractivity contribution in [3.8, 4) is 0 Å². The first-order valence-corrected chi connectivity index (χ1v) is 6.80. The maximum atomic E-state index is 12.9. The van der Waals surface area contributed by atoms with Crippen LogP contribution in [0.2, 0.25) is 0 Å². The van der Waals surface area contributed by atoms with Crippen LogP contribution < -0.4 is 5.32 Å². The van der Waals surface area contributed by atoms with Crippen LogP contribution in [0.5, 0.6) is 0 Å². The van der Waals surface area contributed by atoms with Crippen molar-refractivity contribution in [3.05, 3.63) is 47.3 Å². The lowest BCUT2D eigenvalue weighted by molar-refractivity contribution is -0.138. The average Bonchev–Trinajstić information content (AvgIpc) is 3.08. The molecule has 1 aromatic carbocycles.